The van der Waals surface area contributed by atoms with Crippen molar-refractivity contribution in [3.05, 3.63) is 119 Å². The lowest BCUT2D eigenvalue weighted by molar-refractivity contribution is 0.860. The molecule has 1 heterocycles. The lowest BCUT2D eigenvalue weighted by Crippen LogP contribution is -2.30. The summed E-state index contributed by atoms with van der Waals surface area (Å²) in [6.07, 6.45) is 0. The molecule has 0 fully saturated rings. The van der Waals surface area contributed by atoms with Crippen LogP contribution in [0.2, 0.25) is 0 Å². The van der Waals surface area contributed by atoms with Crippen molar-refractivity contribution < 1.29 is 0 Å². The number of nitrogens with zero attached hydrogens (tertiary/aromatic N) is 4. The smallest absolute Gasteiger partial charge is 0.105 e. The minimum atomic E-state index is -0.465. The fraction of sp³-hybridized carbons (Fsp3) is 0.286. The van der Waals surface area contributed by atoms with Crippen molar-refractivity contribution in [1.82, 2.24) is 0 Å². The Kier molecular flexibility index (Phi) is 7.95. The van der Waals surface area contributed by atoms with E-state index < -0.39 is 4.75 Å². The fourth-order valence-electron chi connectivity index (χ4n) is 5.51. The molecule has 0 aliphatic carbocycles. The van der Waals surface area contributed by atoms with E-state index in [2.05, 4.69) is 155 Å². The summed E-state index contributed by atoms with van der Waals surface area (Å²) in [5.74, 6) is 0. The van der Waals surface area contributed by atoms with E-state index in [4.69, 9.17) is 4.99 Å². The van der Waals surface area contributed by atoms with Crippen LogP contribution in [0.5, 0.6) is 0 Å². The van der Waals surface area contributed by atoms with Crippen molar-refractivity contribution in [2.45, 2.75) is 25.5 Å². The van der Waals surface area contributed by atoms with E-state index in [0.717, 1.165) is 29.4 Å². The van der Waals surface area contributed by atoms with Crippen molar-refractivity contribution in [3.63, 3.8) is 0 Å². The average Bonchev–Trinajstić information content (AvgIpc) is 2.97. The molecule has 0 amide bonds. The highest BCUT2D eigenvalue weighted by Gasteiger charge is 2.43. The number of fused-ring (bicyclic) bond motifs is 1. The number of benzene rings is 4. The van der Waals surface area contributed by atoms with Crippen molar-refractivity contribution in [1.29, 1.82) is 0 Å². The van der Waals surface area contributed by atoms with Crippen LogP contribution >= 0.6 is 11.8 Å². The summed E-state index contributed by atoms with van der Waals surface area (Å²) in [5, 5.41) is 1.04. The minimum absolute atomic E-state index is 0.465. The van der Waals surface area contributed by atoms with Gasteiger partial charge in [0, 0.05) is 69.5 Å². The Labute approximate surface area is 244 Å². The first-order valence-electron chi connectivity index (χ1n) is 14.1. The quantitative estimate of drug-likeness (QED) is 0.222. The number of aryl methyl sites for hydroxylation is 1. The third-order valence-electron chi connectivity index (χ3n) is 7.81. The Balaban J connectivity index is 1.81. The van der Waals surface area contributed by atoms with Crippen LogP contribution in [0.4, 0.5) is 22.7 Å². The van der Waals surface area contributed by atoms with Crippen molar-refractivity contribution in [2.75, 3.05) is 56.0 Å². The molecule has 0 unspecified atom stereocenters. The van der Waals surface area contributed by atoms with Crippen LogP contribution in [0, 0.1) is 6.92 Å². The normalized spacial score (nSPS) is 13.8. The van der Waals surface area contributed by atoms with E-state index in [1.54, 1.807) is 0 Å². The topological polar surface area (TPSA) is 22.1 Å². The highest BCUT2D eigenvalue weighted by atomic mass is 32.2. The molecule has 4 aromatic rings. The molecule has 40 heavy (non-hydrogen) atoms. The monoisotopic (exact) mass is 548 g/mol. The molecule has 0 bridgehead atoms. The second-order valence-electron chi connectivity index (χ2n) is 10.8. The summed E-state index contributed by atoms with van der Waals surface area (Å²) in [5.41, 5.74) is 10.7. The van der Waals surface area contributed by atoms with E-state index in [9.17, 15) is 0 Å². The van der Waals surface area contributed by atoms with Gasteiger partial charge in [-0.2, -0.15) is 0 Å². The molecule has 0 radical (unpaired) electrons. The Morgan fingerprint density at radius 1 is 0.675 bits per heavy atom. The molecule has 5 rings (SSSR count). The summed E-state index contributed by atoms with van der Waals surface area (Å²) in [6.45, 7) is 8.49. The van der Waals surface area contributed by atoms with Gasteiger partial charge in [0.05, 0.1) is 10.4 Å². The van der Waals surface area contributed by atoms with Gasteiger partial charge in [-0.05, 0) is 74.4 Å². The molecular weight excluding hydrogens is 508 g/mol. The number of hydrogen-bond donors (Lipinski definition) is 0. The molecule has 0 aromatic heterocycles. The van der Waals surface area contributed by atoms with Gasteiger partial charge in [0.1, 0.15) is 5.04 Å². The predicted octanol–water partition coefficient (Wildman–Crippen LogP) is 8.09. The molecule has 206 valence electrons. The van der Waals surface area contributed by atoms with Gasteiger partial charge < -0.3 is 14.7 Å². The van der Waals surface area contributed by atoms with Gasteiger partial charge in [-0.1, -0.05) is 65.9 Å². The molecule has 5 heteroatoms. The first kappa shape index (κ1) is 27.9. The molecule has 1 aliphatic rings. The SMILES string of the molecule is CCN(CC)c1ccc2c(c1)N=C(c1cccc(C)c1)SC2(c1ccc(N(C)C)cc1)c1ccc(N(C)C)cc1. The van der Waals surface area contributed by atoms with E-state index in [1.807, 2.05) is 11.8 Å². The zero-order valence-corrected chi connectivity index (χ0v) is 25.6. The van der Waals surface area contributed by atoms with E-state index in [1.165, 1.54) is 39.3 Å². The molecular formula is C35H40N4S. The molecule has 4 aromatic carbocycles. The average molecular weight is 549 g/mol. The first-order valence-corrected chi connectivity index (χ1v) is 14.9. The highest BCUT2D eigenvalue weighted by molar-refractivity contribution is 8.15. The van der Waals surface area contributed by atoms with E-state index in [0.29, 0.717) is 0 Å². The van der Waals surface area contributed by atoms with Gasteiger partial charge in [-0.3, -0.25) is 0 Å². The largest absolute Gasteiger partial charge is 0.378 e. The lowest BCUT2D eigenvalue weighted by Gasteiger charge is -2.39. The number of aliphatic imine (C=N–C) groups is 1. The van der Waals surface area contributed by atoms with E-state index >= 15 is 0 Å². The lowest BCUT2D eigenvalue weighted by atomic mass is 9.82. The maximum Gasteiger partial charge on any atom is 0.105 e. The second kappa shape index (κ2) is 11.4. The van der Waals surface area contributed by atoms with Gasteiger partial charge in [0.15, 0.2) is 0 Å². The standard InChI is InChI=1S/C35H40N4S/c1-8-39(9-2)31-21-22-32-33(24-31)36-34(26-12-10-11-25(3)23-26)40-35(32,27-13-17-29(18-14-27)37(4)5)28-15-19-30(20-16-28)38(6)7/h10-24H,8-9H2,1-7H3. The van der Waals surface area contributed by atoms with Crippen LogP contribution in [0.25, 0.3) is 0 Å². The van der Waals surface area contributed by atoms with Crippen LogP contribution in [-0.2, 0) is 4.75 Å². The van der Waals surface area contributed by atoms with Crippen molar-refractivity contribution >= 4 is 39.6 Å². The Morgan fingerprint density at radius 3 is 1.73 bits per heavy atom. The summed E-state index contributed by atoms with van der Waals surface area (Å²) < 4.78 is -0.465. The van der Waals surface area contributed by atoms with Crippen molar-refractivity contribution in [3.8, 4) is 0 Å². The number of thioether (sulfide) groups is 1. The zero-order valence-electron chi connectivity index (χ0n) is 24.8. The maximum atomic E-state index is 5.34. The highest BCUT2D eigenvalue weighted by Crippen LogP contribution is 2.56. The fourth-order valence-corrected chi connectivity index (χ4v) is 6.98. The number of hydrogen-bond acceptors (Lipinski definition) is 5. The molecule has 0 atom stereocenters. The Bertz CT molecular complexity index is 1450. The van der Waals surface area contributed by atoms with E-state index in [-0.39, 0.29) is 0 Å². The molecule has 1 aliphatic heterocycles. The summed E-state index contributed by atoms with van der Waals surface area (Å²) in [6, 6.07) is 33.7. The van der Waals surface area contributed by atoms with Crippen LogP contribution in [0.3, 0.4) is 0 Å². The number of rotatable bonds is 8. The van der Waals surface area contributed by atoms with Crippen LogP contribution in [0.1, 0.15) is 41.7 Å². The van der Waals surface area contributed by atoms with Crippen LogP contribution in [0.15, 0.2) is 96.0 Å². The van der Waals surface area contributed by atoms with Crippen molar-refractivity contribution in [2.24, 2.45) is 4.99 Å². The molecule has 0 saturated heterocycles. The molecule has 0 spiro atoms. The van der Waals surface area contributed by atoms with Gasteiger partial charge in [-0.15, -0.1) is 0 Å². The Morgan fingerprint density at radius 2 is 1.23 bits per heavy atom. The minimum Gasteiger partial charge on any atom is -0.378 e. The molecule has 4 nitrogen and oxygen atoms in total. The zero-order chi connectivity index (χ0) is 28.4. The van der Waals surface area contributed by atoms with Gasteiger partial charge in [0.25, 0.3) is 0 Å². The number of anilines is 3. The third-order valence-corrected chi connectivity index (χ3v) is 9.32. The molecule has 0 saturated carbocycles. The summed E-state index contributed by atoms with van der Waals surface area (Å²) >= 11 is 1.85. The van der Waals surface area contributed by atoms with Gasteiger partial charge in [0.2, 0.25) is 0 Å². The summed E-state index contributed by atoms with van der Waals surface area (Å²) in [4.78, 5) is 12.0. The third kappa shape index (κ3) is 5.11. The summed E-state index contributed by atoms with van der Waals surface area (Å²) in [7, 11) is 8.36. The predicted molar refractivity (Wildman–Crippen MR) is 176 cm³/mol. The first-order chi connectivity index (χ1) is 19.3. The van der Waals surface area contributed by atoms with Gasteiger partial charge in [-0.25, -0.2) is 4.99 Å². The Hall–Kier alpha value is -3.70. The second-order valence-corrected chi connectivity index (χ2v) is 12.0. The van der Waals surface area contributed by atoms with Gasteiger partial charge >= 0.3 is 0 Å². The van der Waals surface area contributed by atoms with Crippen LogP contribution < -0.4 is 14.7 Å². The molecule has 0 N–H and O–H groups in total. The van der Waals surface area contributed by atoms with Crippen LogP contribution in [-0.4, -0.2) is 46.3 Å². The maximum absolute atomic E-state index is 5.34.